The third-order valence-corrected chi connectivity index (χ3v) is 5.88. The molecule has 142 valence electrons. The van der Waals surface area contributed by atoms with Gasteiger partial charge < -0.3 is 0 Å². The molecule has 0 radical (unpaired) electrons. The van der Waals surface area contributed by atoms with Gasteiger partial charge in [0, 0.05) is 19.1 Å². The van der Waals surface area contributed by atoms with Crippen LogP contribution in [0.1, 0.15) is 11.1 Å². The average Bonchev–Trinajstić information content (AvgIpc) is 3.06. The van der Waals surface area contributed by atoms with Gasteiger partial charge in [-0.2, -0.15) is 0 Å². The van der Waals surface area contributed by atoms with Crippen LogP contribution in [-0.2, 0) is 25.4 Å². The second-order valence-corrected chi connectivity index (χ2v) is 7.97. The molecule has 1 aliphatic rings. The van der Waals surface area contributed by atoms with Crippen LogP contribution in [0, 0.1) is 0 Å². The lowest BCUT2D eigenvalue weighted by Gasteiger charge is -2.12. The normalized spacial score (nSPS) is 16.0. The van der Waals surface area contributed by atoms with E-state index in [2.05, 4.69) is 0 Å². The molecule has 3 aromatic rings. The summed E-state index contributed by atoms with van der Waals surface area (Å²) in [6.07, 6.45) is 1.68. The number of benzene rings is 2. The van der Waals surface area contributed by atoms with E-state index in [1.165, 1.54) is 4.90 Å². The minimum Gasteiger partial charge on any atom is -0.295 e. The molecule has 1 saturated heterocycles. The van der Waals surface area contributed by atoms with Gasteiger partial charge in [0.1, 0.15) is 0 Å². The Labute approximate surface area is 170 Å². The molecule has 0 bridgehead atoms. The van der Waals surface area contributed by atoms with E-state index >= 15 is 0 Å². The summed E-state index contributed by atoms with van der Waals surface area (Å²) in [4.78, 5) is 38.7. The Balaban J connectivity index is 1.63. The van der Waals surface area contributed by atoms with Gasteiger partial charge in [-0.1, -0.05) is 29.8 Å². The van der Waals surface area contributed by atoms with Crippen LogP contribution in [0.25, 0.3) is 17.1 Å². The van der Waals surface area contributed by atoms with E-state index in [0.717, 1.165) is 33.9 Å². The molecule has 0 spiro atoms. The van der Waals surface area contributed by atoms with Crippen LogP contribution in [0.3, 0.4) is 0 Å². The highest BCUT2D eigenvalue weighted by molar-refractivity contribution is 8.18. The molecule has 2 heterocycles. The largest absolute Gasteiger partial charge is 0.328 e. The lowest BCUT2D eigenvalue weighted by Crippen LogP contribution is -2.27. The predicted molar refractivity (Wildman–Crippen MR) is 111 cm³/mol. The fourth-order valence-electron chi connectivity index (χ4n) is 3.17. The van der Waals surface area contributed by atoms with Crippen molar-refractivity contribution < 1.29 is 9.59 Å². The Hall–Kier alpha value is -2.77. The Bertz CT molecular complexity index is 1210. The molecule has 0 N–H and O–H groups in total. The maximum absolute atomic E-state index is 12.7. The van der Waals surface area contributed by atoms with Gasteiger partial charge in [0.05, 0.1) is 22.5 Å². The van der Waals surface area contributed by atoms with Gasteiger partial charge >= 0.3 is 5.69 Å². The number of rotatable bonds is 3. The van der Waals surface area contributed by atoms with E-state index in [-0.39, 0.29) is 23.4 Å². The first-order valence-electron chi connectivity index (χ1n) is 8.50. The van der Waals surface area contributed by atoms with Crippen LogP contribution in [0.5, 0.6) is 0 Å². The lowest BCUT2D eigenvalue weighted by molar-refractivity contribution is -0.123. The lowest BCUT2D eigenvalue weighted by atomic mass is 10.1. The van der Waals surface area contributed by atoms with Crippen molar-refractivity contribution in [2.45, 2.75) is 6.54 Å². The van der Waals surface area contributed by atoms with Crippen molar-refractivity contribution in [1.82, 2.24) is 14.0 Å². The highest BCUT2D eigenvalue weighted by Crippen LogP contribution is 2.33. The number of carbonyl (C=O) groups is 2. The van der Waals surface area contributed by atoms with Gasteiger partial charge in [0.2, 0.25) is 0 Å². The summed E-state index contributed by atoms with van der Waals surface area (Å²) in [6, 6.07) is 12.5. The molecule has 1 fully saturated rings. The van der Waals surface area contributed by atoms with E-state index in [0.29, 0.717) is 9.93 Å². The number of thioether (sulfide) groups is 1. The molecular formula is C20H16ClN3O3S. The minimum atomic E-state index is -0.327. The fraction of sp³-hybridized carbons (Fsp3) is 0.150. The SMILES string of the molecule is Cn1c(=O)n(C)c2cc(C=C3SC(=O)N(Cc4ccc(Cl)cc4)C3=O)ccc21. The topological polar surface area (TPSA) is 64.3 Å². The van der Waals surface area contributed by atoms with Crippen molar-refractivity contribution in [3.8, 4) is 0 Å². The number of nitrogens with zero attached hydrogens (tertiary/aromatic N) is 3. The Morgan fingerprint density at radius 2 is 1.64 bits per heavy atom. The summed E-state index contributed by atoms with van der Waals surface area (Å²) in [5, 5.41) is 0.294. The summed E-state index contributed by atoms with van der Waals surface area (Å²) in [5.41, 5.74) is 3.04. The van der Waals surface area contributed by atoms with E-state index in [1.54, 1.807) is 53.6 Å². The zero-order valence-electron chi connectivity index (χ0n) is 15.2. The van der Waals surface area contributed by atoms with Crippen LogP contribution >= 0.6 is 23.4 Å². The molecule has 1 aromatic heterocycles. The number of amides is 2. The van der Waals surface area contributed by atoms with Crippen molar-refractivity contribution in [2.24, 2.45) is 14.1 Å². The predicted octanol–water partition coefficient (Wildman–Crippen LogP) is 3.77. The molecule has 6 nitrogen and oxygen atoms in total. The number of fused-ring (bicyclic) bond motifs is 1. The molecule has 2 amide bonds. The highest BCUT2D eigenvalue weighted by Gasteiger charge is 2.35. The number of aryl methyl sites for hydroxylation is 2. The quantitative estimate of drug-likeness (QED) is 0.613. The first kappa shape index (κ1) is 18.6. The van der Waals surface area contributed by atoms with E-state index in [1.807, 2.05) is 18.2 Å². The highest BCUT2D eigenvalue weighted by atomic mass is 35.5. The molecular weight excluding hydrogens is 398 g/mol. The number of aromatic nitrogens is 2. The van der Waals surface area contributed by atoms with Crippen molar-refractivity contribution in [3.05, 3.63) is 74.0 Å². The van der Waals surface area contributed by atoms with Gasteiger partial charge in [0.15, 0.2) is 0 Å². The van der Waals surface area contributed by atoms with Crippen LogP contribution in [0.15, 0.2) is 52.2 Å². The maximum atomic E-state index is 12.7. The van der Waals surface area contributed by atoms with Crippen LogP contribution in [0.4, 0.5) is 4.79 Å². The van der Waals surface area contributed by atoms with E-state index in [4.69, 9.17) is 11.6 Å². The molecule has 0 unspecified atom stereocenters. The summed E-state index contributed by atoms with van der Waals surface area (Å²) in [7, 11) is 3.42. The first-order valence-corrected chi connectivity index (χ1v) is 9.70. The molecule has 0 aliphatic carbocycles. The van der Waals surface area contributed by atoms with E-state index in [9.17, 15) is 14.4 Å². The summed E-state index contributed by atoms with van der Waals surface area (Å²) in [6.45, 7) is 0.200. The van der Waals surface area contributed by atoms with Crippen molar-refractivity contribution in [3.63, 3.8) is 0 Å². The van der Waals surface area contributed by atoms with Gasteiger partial charge in [-0.3, -0.25) is 23.6 Å². The number of halogens is 1. The standard InChI is InChI=1S/C20H16ClN3O3S/c1-22-15-8-5-13(9-16(15)23(2)19(22)26)10-17-18(25)24(20(27)28-17)11-12-3-6-14(21)7-4-12/h3-10H,11H2,1-2H3. The van der Waals surface area contributed by atoms with Crippen LogP contribution in [0.2, 0.25) is 5.02 Å². The Morgan fingerprint density at radius 1 is 0.964 bits per heavy atom. The van der Waals surface area contributed by atoms with Crippen LogP contribution in [-0.4, -0.2) is 25.2 Å². The second-order valence-electron chi connectivity index (χ2n) is 6.54. The third kappa shape index (κ3) is 3.16. The molecule has 2 aromatic carbocycles. The monoisotopic (exact) mass is 413 g/mol. The zero-order chi connectivity index (χ0) is 20.0. The zero-order valence-corrected chi connectivity index (χ0v) is 16.8. The molecule has 28 heavy (non-hydrogen) atoms. The Morgan fingerprint density at radius 3 is 2.36 bits per heavy atom. The van der Waals surface area contributed by atoms with Crippen LogP contribution < -0.4 is 5.69 Å². The van der Waals surface area contributed by atoms with Crippen molar-refractivity contribution >= 4 is 51.6 Å². The average molecular weight is 414 g/mol. The van der Waals surface area contributed by atoms with Crippen molar-refractivity contribution in [2.75, 3.05) is 0 Å². The molecule has 0 saturated carbocycles. The fourth-order valence-corrected chi connectivity index (χ4v) is 4.14. The minimum absolute atomic E-state index is 0.115. The first-order chi connectivity index (χ1) is 13.3. The number of hydrogen-bond donors (Lipinski definition) is 0. The number of hydrogen-bond acceptors (Lipinski definition) is 4. The summed E-state index contributed by atoms with van der Waals surface area (Å²) in [5.74, 6) is -0.327. The molecule has 8 heteroatoms. The van der Waals surface area contributed by atoms with Gasteiger partial charge in [-0.25, -0.2) is 4.79 Å². The number of carbonyl (C=O) groups excluding carboxylic acids is 2. The van der Waals surface area contributed by atoms with Gasteiger partial charge in [-0.05, 0) is 53.2 Å². The number of imidazole rings is 1. The molecule has 1 aliphatic heterocycles. The van der Waals surface area contributed by atoms with Crippen molar-refractivity contribution in [1.29, 1.82) is 0 Å². The van der Waals surface area contributed by atoms with Gasteiger partial charge in [-0.15, -0.1) is 0 Å². The molecule has 0 atom stereocenters. The summed E-state index contributed by atoms with van der Waals surface area (Å²) >= 11 is 6.80. The second kappa shape index (κ2) is 7.00. The Kier molecular flexibility index (Phi) is 4.64. The maximum Gasteiger partial charge on any atom is 0.328 e. The smallest absolute Gasteiger partial charge is 0.295 e. The third-order valence-electron chi connectivity index (χ3n) is 4.72. The molecule has 4 rings (SSSR count). The van der Waals surface area contributed by atoms with E-state index < -0.39 is 0 Å². The summed E-state index contributed by atoms with van der Waals surface area (Å²) < 4.78 is 3.12. The number of imide groups is 1. The van der Waals surface area contributed by atoms with Gasteiger partial charge in [0.25, 0.3) is 11.1 Å².